The lowest BCUT2D eigenvalue weighted by atomic mass is 10.1. The van der Waals surface area contributed by atoms with Crippen molar-refractivity contribution in [2.24, 2.45) is 0 Å². The van der Waals surface area contributed by atoms with E-state index in [1.54, 1.807) is 30.3 Å². The molecule has 0 aliphatic rings. The number of nitro benzene ring substituents is 1. The second-order valence-electron chi connectivity index (χ2n) is 6.68. The zero-order chi connectivity index (χ0) is 21.5. The van der Waals surface area contributed by atoms with E-state index in [-0.39, 0.29) is 18.2 Å². The number of aromatic nitrogens is 2. The van der Waals surface area contributed by atoms with Crippen LogP contribution in [0.3, 0.4) is 0 Å². The predicted octanol–water partition coefficient (Wildman–Crippen LogP) is 4.26. The van der Waals surface area contributed by atoms with Gasteiger partial charge in [-0.1, -0.05) is 12.1 Å². The number of benzene rings is 2. The van der Waals surface area contributed by atoms with Gasteiger partial charge in [-0.2, -0.15) is 5.10 Å². The van der Waals surface area contributed by atoms with E-state index < -0.39 is 4.92 Å². The third-order valence-electron chi connectivity index (χ3n) is 4.38. The third-order valence-corrected chi connectivity index (χ3v) is 5.16. The van der Waals surface area contributed by atoms with Gasteiger partial charge in [0.2, 0.25) is 0 Å². The monoisotopic (exact) mass is 472 g/mol. The standard InChI is InChI=1S/C21H21BrN4O4/c1-15-20(22)13-25(24-15)11-3-10-23-21(27)17-5-2-4-16(12-17)14-30-19-8-6-18(7-9-19)26(28)29/h2,4-9,12-13H,3,10-11,14H2,1H3,(H,23,27). The van der Waals surface area contributed by atoms with Crippen LogP contribution in [0.2, 0.25) is 0 Å². The number of ether oxygens (including phenoxy) is 1. The quantitative estimate of drug-likeness (QED) is 0.285. The number of aryl methyl sites for hydroxylation is 2. The maximum Gasteiger partial charge on any atom is 0.269 e. The number of rotatable bonds is 9. The van der Waals surface area contributed by atoms with Crippen molar-refractivity contribution in [2.75, 3.05) is 6.54 Å². The van der Waals surface area contributed by atoms with Crippen LogP contribution in [0.5, 0.6) is 5.75 Å². The van der Waals surface area contributed by atoms with Crippen molar-refractivity contribution in [1.82, 2.24) is 15.1 Å². The van der Waals surface area contributed by atoms with Crippen LogP contribution in [-0.2, 0) is 13.2 Å². The molecule has 0 unspecified atom stereocenters. The largest absolute Gasteiger partial charge is 0.489 e. The topological polar surface area (TPSA) is 99.3 Å². The second-order valence-corrected chi connectivity index (χ2v) is 7.53. The molecule has 1 heterocycles. The fourth-order valence-corrected chi connectivity index (χ4v) is 3.10. The molecule has 30 heavy (non-hydrogen) atoms. The molecule has 0 radical (unpaired) electrons. The Bertz CT molecular complexity index is 1010. The highest BCUT2D eigenvalue weighted by atomic mass is 79.9. The fraction of sp³-hybridized carbons (Fsp3) is 0.238. The van der Waals surface area contributed by atoms with Crippen LogP contribution in [0.15, 0.2) is 59.2 Å². The summed E-state index contributed by atoms with van der Waals surface area (Å²) in [6.45, 7) is 3.45. The number of hydrogen-bond acceptors (Lipinski definition) is 5. The number of nitro groups is 1. The average molecular weight is 473 g/mol. The minimum Gasteiger partial charge on any atom is -0.489 e. The van der Waals surface area contributed by atoms with Crippen LogP contribution in [-0.4, -0.2) is 27.2 Å². The molecule has 156 valence electrons. The minimum atomic E-state index is -0.457. The molecule has 2 aromatic carbocycles. The third kappa shape index (κ3) is 5.90. The molecule has 0 spiro atoms. The van der Waals surface area contributed by atoms with Crippen LogP contribution in [0.25, 0.3) is 0 Å². The zero-order valence-electron chi connectivity index (χ0n) is 16.4. The van der Waals surface area contributed by atoms with Gasteiger partial charge in [0.25, 0.3) is 11.6 Å². The van der Waals surface area contributed by atoms with Gasteiger partial charge < -0.3 is 10.1 Å². The van der Waals surface area contributed by atoms with Crippen LogP contribution >= 0.6 is 15.9 Å². The molecule has 1 aromatic heterocycles. The normalized spacial score (nSPS) is 10.6. The molecule has 0 fully saturated rings. The number of carbonyl (C=O) groups excluding carboxylic acids is 1. The number of non-ortho nitro benzene ring substituents is 1. The molecule has 8 nitrogen and oxygen atoms in total. The van der Waals surface area contributed by atoms with E-state index >= 15 is 0 Å². The van der Waals surface area contributed by atoms with Crippen LogP contribution in [0.4, 0.5) is 5.69 Å². The lowest BCUT2D eigenvalue weighted by molar-refractivity contribution is -0.384. The second kappa shape index (κ2) is 10.0. The van der Waals surface area contributed by atoms with Crippen molar-refractivity contribution in [3.63, 3.8) is 0 Å². The average Bonchev–Trinajstić information content (AvgIpc) is 3.07. The van der Waals surface area contributed by atoms with Gasteiger partial charge in [0.15, 0.2) is 0 Å². The Hall–Kier alpha value is -3.20. The number of nitrogens with zero attached hydrogens (tertiary/aromatic N) is 3. The van der Waals surface area contributed by atoms with E-state index in [0.717, 1.165) is 28.7 Å². The number of hydrogen-bond donors (Lipinski definition) is 1. The summed E-state index contributed by atoms with van der Waals surface area (Å²) in [5.41, 5.74) is 2.33. The van der Waals surface area contributed by atoms with Gasteiger partial charge in [0, 0.05) is 37.0 Å². The van der Waals surface area contributed by atoms with Crippen molar-refractivity contribution >= 4 is 27.5 Å². The molecule has 0 saturated carbocycles. The summed E-state index contributed by atoms with van der Waals surface area (Å²) < 4.78 is 8.47. The number of nitrogens with one attached hydrogen (secondary N) is 1. The molecule has 0 aliphatic heterocycles. The van der Waals surface area contributed by atoms with E-state index in [4.69, 9.17) is 4.74 Å². The summed E-state index contributed by atoms with van der Waals surface area (Å²) in [5.74, 6) is 0.376. The van der Waals surface area contributed by atoms with Gasteiger partial charge in [0.05, 0.1) is 15.1 Å². The van der Waals surface area contributed by atoms with E-state index in [1.165, 1.54) is 12.1 Å². The minimum absolute atomic E-state index is 0.0105. The van der Waals surface area contributed by atoms with Crippen molar-refractivity contribution in [3.05, 3.63) is 86.1 Å². The van der Waals surface area contributed by atoms with Gasteiger partial charge in [0.1, 0.15) is 12.4 Å². The van der Waals surface area contributed by atoms with Crippen molar-refractivity contribution in [3.8, 4) is 5.75 Å². The predicted molar refractivity (Wildman–Crippen MR) is 115 cm³/mol. The fourth-order valence-electron chi connectivity index (χ4n) is 2.79. The molecule has 1 N–H and O–H groups in total. The van der Waals surface area contributed by atoms with Crippen LogP contribution < -0.4 is 10.1 Å². The SMILES string of the molecule is Cc1nn(CCCNC(=O)c2cccc(COc3ccc([N+](=O)[O-])cc3)c2)cc1Br. The van der Waals surface area contributed by atoms with Crippen LogP contribution in [0.1, 0.15) is 28.0 Å². The summed E-state index contributed by atoms with van der Waals surface area (Å²) in [7, 11) is 0. The molecule has 3 aromatic rings. The van der Waals surface area contributed by atoms with Crippen LogP contribution in [0, 0.1) is 17.0 Å². The summed E-state index contributed by atoms with van der Waals surface area (Å²) in [5, 5.41) is 18.0. The Kier molecular flexibility index (Phi) is 7.18. The van der Waals surface area contributed by atoms with E-state index in [9.17, 15) is 14.9 Å². The Labute approximate surface area is 182 Å². The first-order valence-corrected chi connectivity index (χ1v) is 10.2. The van der Waals surface area contributed by atoms with Crippen molar-refractivity contribution in [2.45, 2.75) is 26.5 Å². The lowest BCUT2D eigenvalue weighted by Gasteiger charge is -2.09. The van der Waals surface area contributed by atoms with Gasteiger partial charge >= 0.3 is 0 Å². The Morgan fingerprint density at radius 2 is 2.03 bits per heavy atom. The molecule has 0 bridgehead atoms. The first-order chi connectivity index (χ1) is 14.4. The van der Waals surface area contributed by atoms with Gasteiger partial charge in [-0.15, -0.1) is 0 Å². The first-order valence-electron chi connectivity index (χ1n) is 9.36. The Balaban J connectivity index is 1.47. The molecule has 1 amide bonds. The summed E-state index contributed by atoms with van der Waals surface area (Å²) in [4.78, 5) is 22.6. The highest BCUT2D eigenvalue weighted by Crippen LogP contribution is 2.19. The smallest absolute Gasteiger partial charge is 0.269 e. The molecule has 0 aliphatic carbocycles. The molecule has 0 saturated heterocycles. The van der Waals surface area contributed by atoms with E-state index in [0.29, 0.717) is 17.9 Å². The molecule has 0 atom stereocenters. The van der Waals surface area contributed by atoms with E-state index in [2.05, 4.69) is 26.3 Å². The highest BCUT2D eigenvalue weighted by Gasteiger charge is 2.08. The van der Waals surface area contributed by atoms with Crippen molar-refractivity contribution in [1.29, 1.82) is 0 Å². The number of halogens is 1. The molecule has 3 rings (SSSR count). The van der Waals surface area contributed by atoms with Gasteiger partial charge in [-0.05, 0) is 59.1 Å². The molecular formula is C21H21BrN4O4. The lowest BCUT2D eigenvalue weighted by Crippen LogP contribution is -2.25. The van der Waals surface area contributed by atoms with Gasteiger partial charge in [-0.3, -0.25) is 19.6 Å². The zero-order valence-corrected chi connectivity index (χ0v) is 18.0. The number of carbonyl (C=O) groups is 1. The maximum atomic E-state index is 12.4. The Morgan fingerprint density at radius 3 is 2.70 bits per heavy atom. The van der Waals surface area contributed by atoms with Gasteiger partial charge in [-0.25, -0.2) is 0 Å². The summed E-state index contributed by atoms with van der Waals surface area (Å²) >= 11 is 3.43. The summed E-state index contributed by atoms with van der Waals surface area (Å²) in [6.07, 6.45) is 2.69. The maximum absolute atomic E-state index is 12.4. The highest BCUT2D eigenvalue weighted by molar-refractivity contribution is 9.10. The summed E-state index contributed by atoms with van der Waals surface area (Å²) in [6, 6.07) is 13.1. The molecular weight excluding hydrogens is 452 g/mol. The number of amides is 1. The Morgan fingerprint density at radius 1 is 1.27 bits per heavy atom. The van der Waals surface area contributed by atoms with Crippen molar-refractivity contribution < 1.29 is 14.5 Å². The first kappa shape index (κ1) is 21.5. The molecule has 9 heteroatoms. The van der Waals surface area contributed by atoms with E-state index in [1.807, 2.05) is 23.9 Å².